The topological polar surface area (TPSA) is 63.7 Å². The second kappa shape index (κ2) is 8.85. The van der Waals surface area contributed by atoms with E-state index in [9.17, 15) is 13.2 Å². The fraction of sp³-hybridized carbons (Fsp3) is 0.350. The van der Waals surface area contributed by atoms with E-state index >= 15 is 0 Å². The molecule has 0 saturated heterocycles. The van der Waals surface area contributed by atoms with Crippen molar-refractivity contribution in [3.8, 4) is 5.75 Å². The van der Waals surface area contributed by atoms with Gasteiger partial charge in [-0.15, -0.1) is 0 Å². The number of nitrogens with zero attached hydrogens (tertiary/aromatic N) is 1. The summed E-state index contributed by atoms with van der Waals surface area (Å²) in [5, 5.41) is 0. The Bertz CT molecular complexity index is 817. The van der Waals surface area contributed by atoms with Crippen molar-refractivity contribution in [2.24, 2.45) is 0 Å². The molecule has 0 heterocycles. The zero-order valence-electron chi connectivity index (χ0n) is 15.4. The number of amides is 1. The van der Waals surface area contributed by atoms with Gasteiger partial charge >= 0.3 is 0 Å². The highest BCUT2D eigenvalue weighted by molar-refractivity contribution is 7.90. The van der Waals surface area contributed by atoms with Gasteiger partial charge in [0.05, 0.1) is 12.9 Å². The first-order valence-electron chi connectivity index (χ1n) is 8.42. The van der Waals surface area contributed by atoms with E-state index in [1.54, 1.807) is 31.2 Å². The smallest absolute Gasteiger partial charge is 0.253 e. The summed E-state index contributed by atoms with van der Waals surface area (Å²) in [6.07, 6.45) is 1.69. The van der Waals surface area contributed by atoms with Gasteiger partial charge in [-0.3, -0.25) is 4.79 Å². The number of hydrogen-bond acceptors (Lipinski definition) is 4. The Morgan fingerprint density at radius 2 is 1.69 bits per heavy atom. The van der Waals surface area contributed by atoms with Gasteiger partial charge in [-0.2, -0.15) is 0 Å². The molecule has 0 bridgehead atoms. The van der Waals surface area contributed by atoms with Crippen molar-refractivity contribution in [1.29, 1.82) is 0 Å². The SMILES string of the molecule is COc1ccc(C(CCS(C)(=O)=O)CN(C)C(=O)c2ccccc2)cc1. The average molecular weight is 375 g/mol. The van der Waals surface area contributed by atoms with Gasteiger partial charge in [-0.1, -0.05) is 30.3 Å². The first-order chi connectivity index (χ1) is 12.3. The Kier molecular flexibility index (Phi) is 6.80. The van der Waals surface area contributed by atoms with Crippen molar-refractivity contribution in [2.75, 3.05) is 32.7 Å². The van der Waals surface area contributed by atoms with Crippen molar-refractivity contribution >= 4 is 15.7 Å². The zero-order valence-corrected chi connectivity index (χ0v) is 16.2. The summed E-state index contributed by atoms with van der Waals surface area (Å²) in [5.41, 5.74) is 1.61. The number of methoxy groups -OCH3 is 1. The Morgan fingerprint density at radius 1 is 1.08 bits per heavy atom. The maximum atomic E-state index is 12.6. The maximum absolute atomic E-state index is 12.6. The third-order valence-corrected chi connectivity index (χ3v) is 5.26. The van der Waals surface area contributed by atoms with E-state index in [4.69, 9.17) is 4.74 Å². The Hall–Kier alpha value is -2.34. The van der Waals surface area contributed by atoms with Crippen LogP contribution in [0.5, 0.6) is 5.75 Å². The van der Waals surface area contributed by atoms with Gasteiger partial charge in [0, 0.05) is 31.3 Å². The van der Waals surface area contributed by atoms with Crippen LogP contribution in [0.2, 0.25) is 0 Å². The summed E-state index contributed by atoms with van der Waals surface area (Å²) in [5.74, 6) is 0.665. The number of hydrogen-bond donors (Lipinski definition) is 0. The van der Waals surface area contributed by atoms with Gasteiger partial charge in [0.1, 0.15) is 15.6 Å². The highest BCUT2D eigenvalue weighted by Gasteiger charge is 2.20. The Labute approximate surface area is 155 Å². The van der Waals surface area contributed by atoms with E-state index in [-0.39, 0.29) is 17.6 Å². The molecule has 0 radical (unpaired) electrons. The lowest BCUT2D eigenvalue weighted by atomic mass is 9.95. The maximum Gasteiger partial charge on any atom is 0.253 e. The minimum absolute atomic E-state index is 0.0757. The molecule has 0 aliphatic heterocycles. The quantitative estimate of drug-likeness (QED) is 0.712. The van der Waals surface area contributed by atoms with Crippen molar-refractivity contribution in [3.63, 3.8) is 0 Å². The van der Waals surface area contributed by atoms with Gasteiger partial charge in [-0.05, 0) is 36.2 Å². The van der Waals surface area contributed by atoms with Gasteiger partial charge in [0.25, 0.3) is 5.91 Å². The number of benzene rings is 2. The van der Waals surface area contributed by atoms with Crippen LogP contribution >= 0.6 is 0 Å². The summed E-state index contributed by atoms with van der Waals surface area (Å²) >= 11 is 0. The fourth-order valence-electron chi connectivity index (χ4n) is 2.81. The third kappa shape index (κ3) is 5.88. The second-order valence-corrected chi connectivity index (χ2v) is 8.70. The summed E-state index contributed by atoms with van der Waals surface area (Å²) in [4.78, 5) is 14.2. The van der Waals surface area contributed by atoms with E-state index in [2.05, 4.69) is 0 Å². The first-order valence-corrected chi connectivity index (χ1v) is 10.5. The van der Waals surface area contributed by atoms with Crippen molar-refractivity contribution in [3.05, 3.63) is 65.7 Å². The number of likely N-dealkylation sites (N-methyl/N-ethyl adjacent to an activating group) is 1. The van der Waals surface area contributed by atoms with Crippen LogP contribution in [-0.4, -0.2) is 51.9 Å². The monoisotopic (exact) mass is 375 g/mol. The first kappa shape index (κ1) is 20.0. The normalized spacial score (nSPS) is 12.4. The summed E-state index contributed by atoms with van der Waals surface area (Å²) in [6, 6.07) is 16.6. The van der Waals surface area contributed by atoms with E-state index in [0.717, 1.165) is 11.3 Å². The molecular weight excluding hydrogens is 350 g/mol. The van der Waals surface area contributed by atoms with Gasteiger partial charge in [-0.25, -0.2) is 8.42 Å². The molecule has 0 aliphatic carbocycles. The lowest BCUT2D eigenvalue weighted by Gasteiger charge is -2.25. The molecule has 6 heteroatoms. The molecule has 2 aromatic carbocycles. The molecule has 0 N–H and O–H groups in total. The minimum Gasteiger partial charge on any atom is -0.497 e. The van der Waals surface area contributed by atoms with Crippen LogP contribution in [0.25, 0.3) is 0 Å². The fourth-order valence-corrected chi connectivity index (χ4v) is 3.52. The Morgan fingerprint density at radius 3 is 2.23 bits per heavy atom. The van der Waals surface area contributed by atoms with Crippen LogP contribution in [0.4, 0.5) is 0 Å². The minimum atomic E-state index is -3.08. The molecular formula is C20H25NO4S. The summed E-state index contributed by atoms with van der Waals surface area (Å²) in [7, 11) is 0.266. The standard InChI is InChI=1S/C20H25NO4S/c1-21(20(22)17-7-5-4-6-8-17)15-18(13-14-26(3,23)24)16-9-11-19(25-2)12-10-16/h4-12,18H,13-15H2,1-3H3. The molecule has 0 saturated carbocycles. The zero-order chi connectivity index (χ0) is 19.2. The number of carbonyl (C=O) groups excluding carboxylic acids is 1. The largest absolute Gasteiger partial charge is 0.497 e. The molecule has 0 aromatic heterocycles. The van der Waals surface area contributed by atoms with Crippen molar-refractivity contribution in [1.82, 2.24) is 4.90 Å². The van der Waals surface area contributed by atoms with Crippen molar-refractivity contribution < 1.29 is 17.9 Å². The number of ether oxygens (including phenoxy) is 1. The Balaban J connectivity index is 2.17. The molecule has 5 nitrogen and oxygen atoms in total. The number of sulfone groups is 1. The number of rotatable bonds is 8. The van der Waals surface area contributed by atoms with Crippen LogP contribution in [0.1, 0.15) is 28.3 Å². The van der Waals surface area contributed by atoms with Gasteiger partial charge in [0.15, 0.2) is 0 Å². The van der Waals surface area contributed by atoms with Crippen molar-refractivity contribution in [2.45, 2.75) is 12.3 Å². The molecule has 1 unspecified atom stereocenters. The van der Waals surface area contributed by atoms with E-state index in [1.807, 2.05) is 42.5 Å². The highest BCUT2D eigenvalue weighted by Crippen LogP contribution is 2.24. The molecule has 1 atom stereocenters. The molecule has 0 spiro atoms. The predicted octanol–water partition coefficient (Wildman–Crippen LogP) is 2.99. The second-order valence-electron chi connectivity index (χ2n) is 6.44. The molecule has 2 aromatic rings. The molecule has 0 aliphatic rings. The van der Waals surface area contributed by atoms with Crippen LogP contribution < -0.4 is 4.74 Å². The van der Waals surface area contributed by atoms with E-state index in [0.29, 0.717) is 18.5 Å². The lowest BCUT2D eigenvalue weighted by molar-refractivity contribution is 0.0785. The molecule has 140 valence electrons. The average Bonchev–Trinajstić information content (AvgIpc) is 2.64. The van der Waals surface area contributed by atoms with Crippen LogP contribution in [-0.2, 0) is 9.84 Å². The predicted molar refractivity (Wildman–Crippen MR) is 103 cm³/mol. The van der Waals surface area contributed by atoms with E-state index < -0.39 is 9.84 Å². The molecule has 0 fully saturated rings. The van der Waals surface area contributed by atoms with Gasteiger partial charge in [0.2, 0.25) is 0 Å². The molecule has 2 rings (SSSR count). The third-order valence-electron chi connectivity index (χ3n) is 4.29. The summed E-state index contributed by atoms with van der Waals surface area (Å²) in [6.45, 7) is 0.440. The lowest BCUT2D eigenvalue weighted by Crippen LogP contribution is -2.31. The summed E-state index contributed by atoms with van der Waals surface area (Å²) < 4.78 is 28.4. The van der Waals surface area contributed by atoms with Crippen LogP contribution in [0, 0.1) is 0 Å². The van der Waals surface area contributed by atoms with Crippen LogP contribution in [0.3, 0.4) is 0 Å². The van der Waals surface area contributed by atoms with Crippen LogP contribution in [0.15, 0.2) is 54.6 Å². The van der Waals surface area contributed by atoms with Gasteiger partial charge < -0.3 is 9.64 Å². The highest BCUT2D eigenvalue weighted by atomic mass is 32.2. The molecule has 26 heavy (non-hydrogen) atoms. The van der Waals surface area contributed by atoms with E-state index in [1.165, 1.54) is 6.26 Å². The number of carbonyl (C=O) groups is 1. The molecule has 1 amide bonds.